The molecular formula is C18H21N4O2S+. The van der Waals surface area contributed by atoms with Crippen LogP contribution in [0.4, 0.5) is 5.69 Å². The standard InChI is InChI=1S/C18H20N4O2S/c1-25(23,24)20-15-7-8-17-16(11-15)19-18-13-21(9-10-22(17)18)12-14-5-3-2-4-6-14/h2-8,11,20H,9-10,12-13H2,1H3/p+1. The quantitative estimate of drug-likeness (QED) is 0.732. The van der Waals surface area contributed by atoms with E-state index in [0.717, 1.165) is 49.3 Å². The maximum Gasteiger partial charge on any atom is 0.229 e. The zero-order valence-electron chi connectivity index (χ0n) is 14.1. The first kappa shape index (κ1) is 16.1. The van der Waals surface area contributed by atoms with E-state index in [2.05, 4.69) is 33.6 Å². The zero-order valence-corrected chi connectivity index (χ0v) is 14.9. The van der Waals surface area contributed by atoms with Crippen LogP contribution in [0.25, 0.3) is 11.0 Å². The molecule has 0 amide bonds. The van der Waals surface area contributed by atoms with Crippen LogP contribution in [0.1, 0.15) is 11.4 Å². The van der Waals surface area contributed by atoms with Gasteiger partial charge in [-0.05, 0) is 18.2 Å². The van der Waals surface area contributed by atoms with Crippen molar-refractivity contribution in [3.63, 3.8) is 0 Å². The number of nitrogens with one attached hydrogen (secondary N) is 2. The van der Waals surface area contributed by atoms with E-state index in [1.54, 1.807) is 12.1 Å². The highest BCUT2D eigenvalue weighted by Crippen LogP contribution is 2.21. The summed E-state index contributed by atoms with van der Waals surface area (Å²) in [6.45, 7) is 3.84. The van der Waals surface area contributed by atoms with Gasteiger partial charge in [0.2, 0.25) is 10.0 Å². The molecule has 1 aliphatic heterocycles. The number of rotatable bonds is 4. The largest absolute Gasteiger partial charge is 0.323 e. The van der Waals surface area contributed by atoms with Crippen molar-refractivity contribution in [2.45, 2.75) is 19.6 Å². The van der Waals surface area contributed by atoms with E-state index >= 15 is 0 Å². The summed E-state index contributed by atoms with van der Waals surface area (Å²) in [7, 11) is -3.28. The fourth-order valence-corrected chi connectivity index (χ4v) is 4.01. The van der Waals surface area contributed by atoms with Crippen molar-refractivity contribution < 1.29 is 13.3 Å². The van der Waals surface area contributed by atoms with Crippen molar-refractivity contribution in [1.82, 2.24) is 9.55 Å². The molecule has 3 aromatic rings. The molecule has 0 saturated heterocycles. The summed E-state index contributed by atoms with van der Waals surface area (Å²) >= 11 is 0. The fourth-order valence-electron chi connectivity index (χ4n) is 3.46. The van der Waals surface area contributed by atoms with Gasteiger partial charge in [0.15, 0.2) is 5.82 Å². The first-order valence-electron chi connectivity index (χ1n) is 8.32. The zero-order chi connectivity index (χ0) is 17.4. The van der Waals surface area contributed by atoms with Crippen LogP contribution in [-0.2, 0) is 29.7 Å². The molecule has 1 unspecified atom stereocenters. The van der Waals surface area contributed by atoms with Gasteiger partial charge in [-0.15, -0.1) is 0 Å². The number of imidazole rings is 1. The van der Waals surface area contributed by atoms with Gasteiger partial charge in [0.05, 0.1) is 36.1 Å². The SMILES string of the molecule is CS(=O)(=O)Nc1ccc2c(c1)nc1n2CC[NH+](Cc2ccccc2)C1. The van der Waals surface area contributed by atoms with Gasteiger partial charge >= 0.3 is 0 Å². The molecule has 0 spiro atoms. The summed E-state index contributed by atoms with van der Waals surface area (Å²) in [5.74, 6) is 1.06. The lowest BCUT2D eigenvalue weighted by molar-refractivity contribution is -0.932. The molecule has 25 heavy (non-hydrogen) atoms. The van der Waals surface area contributed by atoms with Crippen molar-refractivity contribution in [2.24, 2.45) is 0 Å². The average molecular weight is 357 g/mol. The number of hydrogen-bond acceptors (Lipinski definition) is 3. The van der Waals surface area contributed by atoms with Gasteiger partial charge in [0, 0.05) is 5.56 Å². The molecular weight excluding hydrogens is 336 g/mol. The maximum absolute atomic E-state index is 11.4. The summed E-state index contributed by atoms with van der Waals surface area (Å²) in [6.07, 6.45) is 1.15. The molecule has 7 heteroatoms. The summed E-state index contributed by atoms with van der Waals surface area (Å²) in [5, 5.41) is 0. The number of benzene rings is 2. The monoisotopic (exact) mass is 357 g/mol. The second-order valence-electron chi connectivity index (χ2n) is 6.60. The van der Waals surface area contributed by atoms with E-state index in [1.165, 1.54) is 10.5 Å². The van der Waals surface area contributed by atoms with Crippen LogP contribution in [0.5, 0.6) is 0 Å². The number of sulfonamides is 1. The number of aromatic nitrogens is 2. The minimum absolute atomic E-state index is 0.555. The van der Waals surface area contributed by atoms with E-state index < -0.39 is 10.0 Å². The van der Waals surface area contributed by atoms with E-state index in [0.29, 0.717) is 5.69 Å². The first-order chi connectivity index (χ1) is 12.0. The second-order valence-corrected chi connectivity index (χ2v) is 8.34. The number of nitrogens with zero attached hydrogens (tertiary/aromatic N) is 2. The Morgan fingerprint density at radius 2 is 2.00 bits per heavy atom. The number of anilines is 1. The molecule has 0 radical (unpaired) electrons. The third kappa shape index (κ3) is 3.52. The van der Waals surface area contributed by atoms with Gasteiger partial charge in [-0.3, -0.25) is 4.72 Å². The second kappa shape index (κ2) is 6.16. The molecule has 0 fully saturated rings. The Hall–Kier alpha value is -2.38. The Balaban J connectivity index is 1.59. The lowest BCUT2D eigenvalue weighted by atomic mass is 10.2. The van der Waals surface area contributed by atoms with E-state index in [9.17, 15) is 8.42 Å². The lowest BCUT2D eigenvalue weighted by Crippen LogP contribution is -3.10. The highest BCUT2D eigenvalue weighted by Gasteiger charge is 2.23. The van der Waals surface area contributed by atoms with E-state index in [1.807, 2.05) is 12.1 Å². The molecule has 2 aromatic carbocycles. The highest BCUT2D eigenvalue weighted by molar-refractivity contribution is 7.92. The number of hydrogen-bond donors (Lipinski definition) is 2. The summed E-state index contributed by atoms with van der Waals surface area (Å²) < 4.78 is 27.6. The van der Waals surface area contributed by atoms with Crippen molar-refractivity contribution >= 4 is 26.7 Å². The molecule has 130 valence electrons. The fraction of sp³-hybridized carbons (Fsp3) is 0.278. The van der Waals surface area contributed by atoms with Crippen LogP contribution in [0, 0.1) is 0 Å². The lowest BCUT2D eigenvalue weighted by Gasteiger charge is -2.25. The summed E-state index contributed by atoms with van der Waals surface area (Å²) in [4.78, 5) is 6.23. The molecule has 0 bridgehead atoms. The Bertz CT molecular complexity index is 1010. The minimum atomic E-state index is -3.28. The Morgan fingerprint density at radius 1 is 1.20 bits per heavy atom. The van der Waals surface area contributed by atoms with Gasteiger partial charge in [-0.25, -0.2) is 13.4 Å². The van der Waals surface area contributed by atoms with Gasteiger partial charge in [0.1, 0.15) is 13.1 Å². The summed E-state index contributed by atoms with van der Waals surface area (Å²) in [5.41, 5.74) is 3.79. The van der Waals surface area contributed by atoms with Crippen LogP contribution in [-0.4, -0.2) is 30.8 Å². The van der Waals surface area contributed by atoms with Crippen LogP contribution in [0.3, 0.4) is 0 Å². The van der Waals surface area contributed by atoms with Crippen LogP contribution in [0.15, 0.2) is 48.5 Å². The first-order valence-corrected chi connectivity index (χ1v) is 10.2. The van der Waals surface area contributed by atoms with Crippen LogP contribution in [0.2, 0.25) is 0 Å². The van der Waals surface area contributed by atoms with E-state index in [-0.39, 0.29) is 0 Å². The molecule has 0 saturated carbocycles. The molecule has 4 rings (SSSR count). The third-order valence-electron chi connectivity index (χ3n) is 4.52. The molecule has 2 N–H and O–H groups in total. The van der Waals surface area contributed by atoms with Crippen LogP contribution >= 0.6 is 0 Å². The smallest absolute Gasteiger partial charge is 0.229 e. The maximum atomic E-state index is 11.4. The third-order valence-corrected chi connectivity index (χ3v) is 5.13. The molecule has 1 aliphatic rings. The molecule has 6 nitrogen and oxygen atoms in total. The Morgan fingerprint density at radius 3 is 2.76 bits per heavy atom. The predicted octanol–water partition coefficient (Wildman–Crippen LogP) is 1.01. The molecule has 0 aliphatic carbocycles. The van der Waals surface area contributed by atoms with Crippen molar-refractivity contribution in [3.05, 3.63) is 59.9 Å². The van der Waals surface area contributed by atoms with Gasteiger partial charge in [-0.2, -0.15) is 0 Å². The highest BCUT2D eigenvalue weighted by atomic mass is 32.2. The summed E-state index contributed by atoms with van der Waals surface area (Å²) in [6, 6.07) is 16.0. The molecule has 2 heterocycles. The topological polar surface area (TPSA) is 68.4 Å². The van der Waals surface area contributed by atoms with Gasteiger partial charge < -0.3 is 9.47 Å². The molecule has 1 atom stereocenters. The van der Waals surface area contributed by atoms with Crippen molar-refractivity contribution in [2.75, 3.05) is 17.5 Å². The number of quaternary nitrogens is 1. The average Bonchev–Trinajstić information content (AvgIpc) is 2.91. The van der Waals surface area contributed by atoms with Gasteiger partial charge in [0.25, 0.3) is 0 Å². The number of fused-ring (bicyclic) bond motifs is 3. The van der Waals surface area contributed by atoms with Gasteiger partial charge in [-0.1, -0.05) is 30.3 Å². The van der Waals surface area contributed by atoms with Crippen LogP contribution < -0.4 is 9.62 Å². The predicted molar refractivity (Wildman–Crippen MR) is 97.9 cm³/mol. The van der Waals surface area contributed by atoms with Crippen molar-refractivity contribution in [1.29, 1.82) is 0 Å². The molecule has 1 aromatic heterocycles. The van der Waals surface area contributed by atoms with E-state index in [4.69, 9.17) is 4.98 Å². The Kier molecular flexibility index (Phi) is 3.97. The Labute approximate surface area is 147 Å². The minimum Gasteiger partial charge on any atom is -0.323 e. The van der Waals surface area contributed by atoms with Crippen molar-refractivity contribution in [3.8, 4) is 0 Å². The normalized spacial score (nSPS) is 17.4.